The number of nitrogens with zero attached hydrogens (tertiary/aromatic N) is 4. The van der Waals surface area contributed by atoms with Crippen molar-refractivity contribution in [2.75, 3.05) is 55.4 Å². The Morgan fingerprint density at radius 1 is 1.26 bits per heavy atom. The molecule has 38 heavy (non-hydrogen) atoms. The third-order valence-corrected chi connectivity index (χ3v) is 7.68. The minimum Gasteiger partial charge on any atom is -0.474 e. The van der Waals surface area contributed by atoms with Crippen LogP contribution in [0.4, 0.5) is 30.8 Å². The molecule has 200 valence electrons. The van der Waals surface area contributed by atoms with Gasteiger partial charge in [-0.1, -0.05) is 0 Å². The van der Waals surface area contributed by atoms with E-state index in [1.54, 1.807) is 6.07 Å². The lowest BCUT2D eigenvalue weighted by molar-refractivity contribution is -0.0803. The van der Waals surface area contributed by atoms with Gasteiger partial charge in [-0.3, -0.25) is 9.80 Å². The summed E-state index contributed by atoms with van der Waals surface area (Å²) in [5.41, 5.74) is 8.24. The second-order valence-electron chi connectivity index (χ2n) is 9.88. The average molecular weight is 527 g/mol. The molecular formula is C26H28F2N6O4. The highest BCUT2D eigenvalue weighted by Gasteiger charge is 2.40. The Hall–Kier alpha value is -3.77. The van der Waals surface area contributed by atoms with Crippen molar-refractivity contribution in [3.63, 3.8) is 0 Å². The summed E-state index contributed by atoms with van der Waals surface area (Å²) in [6, 6.07) is 2.39. The summed E-state index contributed by atoms with van der Waals surface area (Å²) < 4.78 is 41.6. The van der Waals surface area contributed by atoms with E-state index in [0.717, 1.165) is 10.5 Å². The van der Waals surface area contributed by atoms with Crippen molar-refractivity contribution in [1.29, 1.82) is 0 Å². The number of aromatic nitrogens is 2. The molecular weight excluding hydrogens is 498 g/mol. The van der Waals surface area contributed by atoms with Crippen LogP contribution in [-0.2, 0) is 4.74 Å². The topological polar surface area (TPSA) is 126 Å². The third-order valence-electron chi connectivity index (χ3n) is 7.68. The molecule has 2 saturated heterocycles. The standard InChI is InChI=1S/C26H28F2N6O4/c1-13-17(8-32-25-24(13)30-3-5-38-25)16-6-14-7-21(31-9-18(14)23(29)22(16)28)34(26(35)36)20-2-4-33(10-19(20)27)15-11-37-12-15/h6-9,15,19-20,30H,2-5,10-12,29H2,1H3,(H,35,36)/t19-,20-/m1/s1. The largest absolute Gasteiger partial charge is 0.474 e. The van der Waals surface area contributed by atoms with E-state index in [1.165, 1.54) is 18.5 Å². The van der Waals surface area contributed by atoms with Crippen LogP contribution in [0.2, 0.25) is 0 Å². The number of pyridine rings is 2. The number of hydrogen-bond donors (Lipinski definition) is 3. The van der Waals surface area contributed by atoms with E-state index in [-0.39, 0.29) is 29.7 Å². The lowest BCUT2D eigenvalue weighted by Gasteiger charge is -2.44. The Bertz CT molecular complexity index is 1420. The van der Waals surface area contributed by atoms with Gasteiger partial charge in [-0.25, -0.2) is 23.5 Å². The van der Waals surface area contributed by atoms with E-state index < -0.39 is 24.1 Å². The minimum absolute atomic E-state index is 0.0605. The highest BCUT2D eigenvalue weighted by molar-refractivity contribution is 5.99. The van der Waals surface area contributed by atoms with Crippen molar-refractivity contribution in [3.05, 3.63) is 35.9 Å². The zero-order chi connectivity index (χ0) is 26.6. The number of amides is 1. The summed E-state index contributed by atoms with van der Waals surface area (Å²) in [6.07, 6.45) is 0.483. The van der Waals surface area contributed by atoms with Crippen LogP contribution < -0.4 is 20.7 Å². The maximum absolute atomic E-state index is 15.5. The molecule has 3 aliphatic rings. The SMILES string of the molecule is Cc1c(-c2cc3cc(N(C(=O)O)[C@@H]4CCN(C5COC5)C[C@H]4F)ncc3c(N)c2F)cnc2c1NCCO2. The number of nitrogen functional groups attached to an aromatic ring is 1. The number of benzene rings is 1. The third kappa shape index (κ3) is 4.04. The van der Waals surface area contributed by atoms with Crippen LogP contribution in [0.3, 0.4) is 0 Å². The van der Waals surface area contributed by atoms with Gasteiger partial charge in [0.1, 0.15) is 24.3 Å². The Balaban J connectivity index is 1.38. The number of anilines is 3. The molecule has 6 rings (SSSR count). The summed E-state index contributed by atoms with van der Waals surface area (Å²) in [4.78, 5) is 23.9. The van der Waals surface area contributed by atoms with Gasteiger partial charge < -0.3 is 25.6 Å². The highest BCUT2D eigenvalue weighted by atomic mass is 19.1. The Kier molecular flexibility index (Phi) is 6.15. The van der Waals surface area contributed by atoms with Gasteiger partial charge in [0.2, 0.25) is 5.88 Å². The second-order valence-corrected chi connectivity index (χ2v) is 9.88. The van der Waals surface area contributed by atoms with Gasteiger partial charge in [-0.05, 0) is 36.4 Å². The Morgan fingerprint density at radius 2 is 2.08 bits per heavy atom. The first-order valence-corrected chi connectivity index (χ1v) is 12.6. The maximum atomic E-state index is 15.5. The molecule has 0 bridgehead atoms. The number of carbonyl (C=O) groups is 1. The van der Waals surface area contributed by atoms with E-state index in [2.05, 4.69) is 15.3 Å². The normalized spacial score (nSPS) is 21.8. The fraction of sp³-hybridized carbons (Fsp3) is 0.423. The molecule has 3 aromatic rings. The summed E-state index contributed by atoms with van der Waals surface area (Å²) >= 11 is 0. The zero-order valence-electron chi connectivity index (χ0n) is 20.8. The first kappa shape index (κ1) is 24.6. The van der Waals surface area contributed by atoms with E-state index in [4.69, 9.17) is 15.2 Å². The van der Waals surface area contributed by atoms with Crippen LogP contribution in [0, 0.1) is 12.7 Å². The van der Waals surface area contributed by atoms with E-state index in [0.29, 0.717) is 67.2 Å². The van der Waals surface area contributed by atoms with Gasteiger partial charge in [-0.15, -0.1) is 0 Å². The molecule has 3 aliphatic heterocycles. The molecule has 2 fully saturated rings. The molecule has 1 amide bonds. The van der Waals surface area contributed by atoms with Gasteiger partial charge in [-0.2, -0.15) is 0 Å². The minimum atomic E-state index is -1.40. The number of carboxylic acid groups (broad SMARTS) is 1. The smallest absolute Gasteiger partial charge is 0.413 e. The summed E-state index contributed by atoms with van der Waals surface area (Å²) in [5.74, 6) is -0.114. The highest BCUT2D eigenvalue weighted by Crippen LogP contribution is 2.40. The summed E-state index contributed by atoms with van der Waals surface area (Å²) in [5, 5.41) is 14.1. The molecule has 0 saturated carbocycles. The first-order valence-electron chi connectivity index (χ1n) is 12.6. The Morgan fingerprint density at radius 3 is 2.79 bits per heavy atom. The Labute approximate surface area is 217 Å². The lowest BCUT2D eigenvalue weighted by atomic mass is 9.96. The average Bonchev–Trinajstić information content (AvgIpc) is 2.87. The van der Waals surface area contributed by atoms with Crippen molar-refractivity contribution in [3.8, 4) is 17.0 Å². The molecule has 4 N–H and O–H groups in total. The van der Waals surface area contributed by atoms with Crippen LogP contribution in [0.5, 0.6) is 5.88 Å². The number of nitrogens with one attached hydrogen (secondary N) is 1. The van der Waals surface area contributed by atoms with E-state index >= 15 is 8.78 Å². The van der Waals surface area contributed by atoms with Crippen molar-refractivity contribution in [1.82, 2.24) is 14.9 Å². The van der Waals surface area contributed by atoms with Crippen LogP contribution in [0.25, 0.3) is 21.9 Å². The van der Waals surface area contributed by atoms with Crippen molar-refractivity contribution >= 4 is 34.1 Å². The summed E-state index contributed by atoms with van der Waals surface area (Å²) in [7, 11) is 0. The molecule has 2 atom stereocenters. The maximum Gasteiger partial charge on any atom is 0.413 e. The number of rotatable bonds is 4. The predicted molar refractivity (Wildman–Crippen MR) is 138 cm³/mol. The molecule has 0 spiro atoms. The lowest BCUT2D eigenvalue weighted by Crippen LogP contribution is -2.59. The molecule has 2 aromatic heterocycles. The molecule has 10 nitrogen and oxygen atoms in total. The molecule has 0 radical (unpaired) electrons. The van der Waals surface area contributed by atoms with Crippen LogP contribution >= 0.6 is 0 Å². The number of fused-ring (bicyclic) bond motifs is 2. The number of ether oxygens (including phenoxy) is 2. The number of likely N-dealkylation sites (tertiary alicyclic amines) is 1. The van der Waals surface area contributed by atoms with Gasteiger partial charge >= 0.3 is 6.09 Å². The molecule has 0 aliphatic carbocycles. The molecule has 0 unspecified atom stereocenters. The van der Waals surface area contributed by atoms with Crippen LogP contribution in [0.1, 0.15) is 12.0 Å². The zero-order valence-corrected chi connectivity index (χ0v) is 20.8. The fourth-order valence-electron chi connectivity index (χ4n) is 5.49. The molecule has 1 aromatic carbocycles. The number of hydrogen-bond acceptors (Lipinski definition) is 8. The van der Waals surface area contributed by atoms with Gasteiger partial charge in [0.15, 0.2) is 5.82 Å². The predicted octanol–water partition coefficient (Wildman–Crippen LogP) is 3.43. The number of piperidine rings is 1. The monoisotopic (exact) mass is 526 g/mol. The number of alkyl halides is 1. The van der Waals surface area contributed by atoms with E-state index in [1.807, 2.05) is 11.8 Å². The summed E-state index contributed by atoms with van der Waals surface area (Å²) in [6.45, 7) is 4.74. The van der Waals surface area contributed by atoms with Crippen LogP contribution in [-0.4, -0.2) is 83.8 Å². The van der Waals surface area contributed by atoms with Crippen molar-refractivity contribution in [2.24, 2.45) is 0 Å². The number of halogens is 2. The van der Waals surface area contributed by atoms with Gasteiger partial charge in [0.25, 0.3) is 0 Å². The van der Waals surface area contributed by atoms with Crippen LogP contribution in [0.15, 0.2) is 24.5 Å². The van der Waals surface area contributed by atoms with Crippen molar-refractivity contribution < 1.29 is 28.2 Å². The second kappa shape index (κ2) is 9.52. The molecule has 12 heteroatoms. The fourth-order valence-corrected chi connectivity index (χ4v) is 5.49. The van der Waals surface area contributed by atoms with Gasteiger partial charge in [0, 0.05) is 48.5 Å². The molecule has 5 heterocycles. The van der Waals surface area contributed by atoms with E-state index in [9.17, 15) is 9.90 Å². The first-order chi connectivity index (χ1) is 18.3. The number of nitrogens with two attached hydrogens (primary N) is 1. The van der Waals surface area contributed by atoms with Crippen molar-refractivity contribution in [2.45, 2.75) is 31.6 Å². The quantitative estimate of drug-likeness (QED) is 0.439. The van der Waals surface area contributed by atoms with Gasteiger partial charge in [0.05, 0.1) is 31.0 Å².